The molecule has 0 spiro atoms. The molecule has 0 saturated heterocycles. The highest BCUT2D eigenvalue weighted by Gasteiger charge is 2.15. The van der Waals surface area contributed by atoms with Crippen LogP contribution in [0, 0.1) is 22.4 Å². The Balaban J connectivity index is 2.96. The molecule has 0 bridgehead atoms. The lowest BCUT2D eigenvalue weighted by molar-refractivity contribution is -0.385. The average molecular weight is 220 g/mol. The fourth-order valence-electron chi connectivity index (χ4n) is 1.86. The highest BCUT2D eigenvalue weighted by Crippen LogP contribution is 2.23. The fraction of sp³-hybridized carbons (Fsp3) is 0.300. The van der Waals surface area contributed by atoms with Gasteiger partial charge in [0.05, 0.1) is 16.0 Å². The number of rotatable bonds is 1. The molecule has 0 aliphatic heterocycles. The molecule has 6 heteroatoms. The molecule has 0 unspecified atom stereocenters. The van der Waals surface area contributed by atoms with Gasteiger partial charge in [-0.2, -0.15) is 0 Å². The quantitative estimate of drug-likeness (QED) is 0.579. The summed E-state index contributed by atoms with van der Waals surface area (Å²) in [4.78, 5) is 10.4. The van der Waals surface area contributed by atoms with E-state index < -0.39 is 4.92 Å². The largest absolute Gasteiger partial charge is 0.313 e. The van der Waals surface area contributed by atoms with Crippen LogP contribution in [0.25, 0.3) is 11.0 Å². The van der Waals surface area contributed by atoms with Crippen molar-refractivity contribution in [3.05, 3.63) is 33.4 Å². The number of nitrogens with zero attached hydrogens (tertiary/aromatic N) is 3. The van der Waals surface area contributed by atoms with Gasteiger partial charge in [-0.05, 0) is 13.0 Å². The standard InChI is InChI=1S/C10H12N4O2/c1-6-4-8-9(5-7(6)14(15)16)13(3)10(11)12(8)2/h4-5,11H,1-3H3. The van der Waals surface area contributed by atoms with Crippen molar-refractivity contribution in [2.24, 2.45) is 14.1 Å². The highest BCUT2D eigenvalue weighted by molar-refractivity contribution is 5.80. The lowest BCUT2D eigenvalue weighted by Crippen LogP contribution is -2.19. The molecule has 0 radical (unpaired) electrons. The van der Waals surface area contributed by atoms with E-state index in [9.17, 15) is 10.1 Å². The summed E-state index contributed by atoms with van der Waals surface area (Å²) >= 11 is 0. The molecular weight excluding hydrogens is 208 g/mol. The Hall–Kier alpha value is -2.11. The molecule has 16 heavy (non-hydrogen) atoms. The van der Waals surface area contributed by atoms with Gasteiger partial charge in [-0.1, -0.05) is 0 Å². The molecule has 2 rings (SSSR count). The summed E-state index contributed by atoms with van der Waals surface area (Å²) in [5.41, 5.74) is 2.54. The summed E-state index contributed by atoms with van der Waals surface area (Å²) in [6.07, 6.45) is 0. The number of benzene rings is 1. The van der Waals surface area contributed by atoms with E-state index in [4.69, 9.17) is 5.41 Å². The zero-order valence-electron chi connectivity index (χ0n) is 9.31. The number of aryl methyl sites for hydroxylation is 3. The molecule has 84 valence electrons. The van der Waals surface area contributed by atoms with Crippen molar-refractivity contribution in [1.82, 2.24) is 9.13 Å². The molecule has 0 aliphatic carbocycles. The zero-order valence-corrected chi connectivity index (χ0v) is 9.31. The lowest BCUT2D eigenvalue weighted by Gasteiger charge is -1.99. The van der Waals surface area contributed by atoms with E-state index in [-0.39, 0.29) is 5.69 Å². The molecule has 2 aromatic rings. The van der Waals surface area contributed by atoms with E-state index in [2.05, 4.69) is 0 Å². The molecule has 1 aromatic heterocycles. The summed E-state index contributed by atoms with van der Waals surface area (Å²) in [6.45, 7) is 1.70. The predicted octanol–water partition coefficient (Wildman–Crippen LogP) is 1.21. The molecule has 1 aromatic carbocycles. The number of nitrogens with one attached hydrogen (secondary N) is 1. The van der Waals surface area contributed by atoms with Crippen molar-refractivity contribution in [3.8, 4) is 0 Å². The summed E-state index contributed by atoms with van der Waals surface area (Å²) < 4.78 is 3.33. The maximum absolute atomic E-state index is 10.8. The summed E-state index contributed by atoms with van der Waals surface area (Å²) in [6, 6.07) is 3.26. The van der Waals surface area contributed by atoms with Crippen molar-refractivity contribution in [2.75, 3.05) is 0 Å². The molecular formula is C10H12N4O2. The number of nitro groups is 1. The van der Waals surface area contributed by atoms with Crippen LogP contribution in [-0.4, -0.2) is 14.1 Å². The number of aromatic nitrogens is 2. The Kier molecular flexibility index (Phi) is 2.08. The maximum atomic E-state index is 10.8. The molecule has 0 aliphatic rings. The average Bonchev–Trinajstić information content (AvgIpc) is 2.43. The third kappa shape index (κ3) is 1.23. The normalized spacial score (nSPS) is 10.9. The van der Waals surface area contributed by atoms with Gasteiger partial charge in [0.15, 0.2) is 0 Å². The Morgan fingerprint density at radius 1 is 1.25 bits per heavy atom. The van der Waals surface area contributed by atoms with Crippen LogP contribution in [0.4, 0.5) is 5.69 Å². The van der Waals surface area contributed by atoms with Crippen LogP contribution in [0.15, 0.2) is 12.1 Å². The minimum Gasteiger partial charge on any atom is -0.313 e. The number of hydrogen-bond donors (Lipinski definition) is 1. The van der Waals surface area contributed by atoms with E-state index in [1.165, 1.54) is 6.07 Å². The second-order valence-corrected chi connectivity index (χ2v) is 3.83. The van der Waals surface area contributed by atoms with Crippen molar-refractivity contribution in [3.63, 3.8) is 0 Å². The molecule has 0 atom stereocenters. The van der Waals surface area contributed by atoms with Crippen LogP contribution in [0.5, 0.6) is 0 Å². The SMILES string of the molecule is Cc1cc2c(cc1[N+](=O)[O-])n(C)c(=N)n2C. The van der Waals surface area contributed by atoms with Crippen LogP contribution < -0.4 is 5.62 Å². The first-order valence-corrected chi connectivity index (χ1v) is 4.78. The van der Waals surface area contributed by atoms with Crippen molar-refractivity contribution in [1.29, 1.82) is 5.41 Å². The van der Waals surface area contributed by atoms with Gasteiger partial charge < -0.3 is 9.13 Å². The molecule has 1 N–H and O–H groups in total. The molecule has 6 nitrogen and oxygen atoms in total. The van der Waals surface area contributed by atoms with Gasteiger partial charge in [0.2, 0.25) is 5.62 Å². The number of imidazole rings is 1. The maximum Gasteiger partial charge on any atom is 0.274 e. The van der Waals surface area contributed by atoms with E-state index in [1.54, 1.807) is 36.2 Å². The van der Waals surface area contributed by atoms with Gasteiger partial charge in [0.25, 0.3) is 5.69 Å². The van der Waals surface area contributed by atoms with Crippen molar-refractivity contribution >= 4 is 16.7 Å². The van der Waals surface area contributed by atoms with Crippen LogP contribution in [0.1, 0.15) is 5.56 Å². The van der Waals surface area contributed by atoms with Crippen LogP contribution >= 0.6 is 0 Å². The Morgan fingerprint density at radius 3 is 2.25 bits per heavy atom. The number of nitro benzene ring substituents is 1. The van der Waals surface area contributed by atoms with Gasteiger partial charge in [-0.3, -0.25) is 15.5 Å². The first kappa shape index (κ1) is 10.4. The summed E-state index contributed by atoms with van der Waals surface area (Å²) in [7, 11) is 3.50. The fourth-order valence-corrected chi connectivity index (χ4v) is 1.86. The van der Waals surface area contributed by atoms with E-state index >= 15 is 0 Å². The van der Waals surface area contributed by atoms with E-state index in [1.807, 2.05) is 0 Å². The van der Waals surface area contributed by atoms with Gasteiger partial charge in [0.1, 0.15) is 0 Å². The first-order valence-electron chi connectivity index (χ1n) is 4.78. The van der Waals surface area contributed by atoms with Crippen molar-refractivity contribution in [2.45, 2.75) is 6.92 Å². The zero-order chi connectivity index (χ0) is 12.0. The van der Waals surface area contributed by atoms with Crippen molar-refractivity contribution < 1.29 is 4.92 Å². The highest BCUT2D eigenvalue weighted by atomic mass is 16.6. The smallest absolute Gasteiger partial charge is 0.274 e. The Morgan fingerprint density at radius 2 is 1.75 bits per heavy atom. The summed E-state index contributed by atoms with van der Waals surface area (Å²) in [5, 5.41) is 18.6. The second kappa shape index (κ2) is 3.19. The topological polar surface area (TPSA) is 76.8 Å². The third-order valence-electron chi connectivity index (χ3n) is 2.85. The van der Waals surface area contributed by atoms with E-state index in [0.29, 0.717) is 16.7 Å². The molecule has 0 fully saturated rings. The number of hydrogen-bond acceptors (Lipinski definition) is 3. The molecule has 0 saturated carbocycles. The number of fused-ring (bicyclic) bond motifs is 1. The predicted molar refractivity (Wildman–Crippen MR) is 59.1 cm³/mol. The van der Waals surface area contributed by atoms with Gasteiger partial charge >= 0.3 is 0 Å². The Bertz CT molecular complexity index is 651. The molecule has 1 heterocycles. The monoisotopic (exact) mass is 220 g/mol. The third-order valence-corrected chi connectivity index (χ3v) is 2.85. The van der Waals surface area contributed by atoms with E-state index in [0.717, 1.165) is 5.52 Å². The lowest BCUT2D eigenvalue weighted by atomic mass is 10.2. The summed E-state index contributed by atoms with van der Waals surface area (Å²) in [5.74, 6) is 0. The minimum absolute atomic E-state index is 0.0914. The van der Waals surface area contributed by atoms with Crippen LogP contribution in [0.3, 0.4) is 0 Å². The second-order valence-electron chi connectivity index (χ2n) is 3.83. The van der Waals surface area contributed by atoms with Crippen LogP contribution in [0.2, 0.25) is 0 Å². The Labute approximate surface area is 91.4 Å². The van der Waals surface area contributed by atoms with Gasteiger partial charge in [0, 0.05) is 25.7 Å². The molecule has 0 amide bonds. The minimum atomic E-state index is -0.397. The first-order chi connectivity index (χ1) is 7.43. The van der Waals surface area contributed by atoms with Crippen LogP contribution in [-0.2, 0) is 14.1 Å². The van der Waals surface area contributed by atoms with Gasteiger partial charge in [-0.15, -0.1) is 0 Å². The van der Waals surface area contributed by atoms with Gasteiger partial charge in [-0.25, -0.2) is 0 Å².